The lowest BCUT2D eigenvalue weighted by Crippen LogP contribution is -2.09. The van der Waals surface area contributed by atoms with Gasteiger partial charge in [0.2, 0.25) is 0 Å². The molecule has 0 aliphatic heterocycles. The second kappa shape index (κ2) is 7.26. The smallest absolute Gasteiger partial charge is 0.302 e. The molecule has 0 aromatic heterocycles. The molecule has 1 aliphatic rings. The molecule has 0 N–H and O–H groups in total. The summed E-state index contributed by atoms with van der Waals surface area (Å²) >= 11 is 0. The molecule has 0 heterocycles. The van der Waals surface area contributed by atoms with Gasteiger partial charge in [-0.05, 0) is 28.2 Å². The molecule has 2 aromatic carbocycles. The Bertz CT molecular complexity index is 595. The molecule has 3 rings (SSSR count). The van der Waals surface area contributed by atoms with Gasteiger partial charge in [-0.3, -0.25) is 4.79 Å². The van der Waals surface area contributed by atoms with Crippen molar-refractivity contribution in [3.05, 3.63) is 59.7 Å². The number of carbonyl (C=O) groups excluding carboxylic acids is 1. The van der Waals surface area contributed by atoms with Gasteiger partial charge >= 0.3 is 5.97 Å². The van der Waals surface area contributed by atoms with Crippen LogP contribution in [0.2, 0.25) is 0 Å². The van der Waals surface area contributed by atoms with E-state index in [9.17, 15) is 4.79 Å². The highest BCUT2D eigenvalue weighted by Gasteiger charge is 2.28. The molecule has 0 unspecified atom stereocenters. The first-order valence-corrected chi connectivity index (χ1v) is 7.82. The molecule has 116 valence electrons. The highest BCUT2D eigenvalue weighted by atomic mass is 16.5. The molecule has 0 radical (unpaired) electrons. The van der Waals surface area contributed by atoms with Crippen molar-refractivity contribution in [1.29, 1.82) is 0 Å². The lowest BCUT2D eigenvalue weighted by atomic mass is 9.98. The molecular weight excluding hydrogens is 272 g/mol. The van der Waals surface area contributed by atoms with E-state index in [1.54, 1.807) is 0 Å². The molecule has 0 saturated heterocycles. The predicted molar refractivity (Wildman–Crippen MR) is 90.9 cm³/mol. The third-order valence-electron chi connectivity index (χ3n) is 3.42. The van der Waals surface area contributed by atoms with E-state index in [1.807, 2.05) is 24.3 Å². The van der Waals surface area contributed by atoms with Gasteiger partial charge in [-0.1, -0.05) is 69.3 Å². The first-order valence-electron chi connectivity index (χ1n) is 7.82. The lowest BCUT2D eigenvalue weighted by molar-refractivity contribution is -0.141. The average molecular weight is 296 g/mol. The van der Waals surface area contributed by atoms with Crippen LogP contribution in [-0.4, -0.2) is 12.6 Å². The summed E-state index contributed by atoms with van der Waals surface area (Å²) in [6.07, 6.45) is 0. The fourth-order valence-corrected chi connectivity index (χ4v) is 2.64. The van der Waals surface area contributed by atoms with Crippen molar-refractivity contribution in [3.8, 4) is 11.1 Å². The zero-order valence-corrected chi connectivity index (χ0v) is 13.8. The Hall–Kier alpha value is -2.09. The van der Waals surface area contributed by atoms with Crippen LogP contribution in [0, 0.1) is 5.92 Å². The number of hydrogen-bond acceptors (Lipinski definition) is 2. The van der Waals surface area contributed by atoms with Crippen LogP contribution >= 0.6 is 0 Å². The van der Waals surface area contributed by atoms with Crippen molar-refractivity contribution in [1.82, 2.24) is 0 Å². The molecule has 2 heteroatoms. The summed E-state index contributed by atoms with van der Waals surface area (Å²) in [5.74, 6) is 0.776. The van der Waals surface area contributed by atoms with Gasteiger partial charge in [0, 0.05) is 12.8 Å². The van der Waals surface area contributed by atoms with Crippen LogP contribution < -0.4 is 0 Å². The maximum atomic E-state index is 11.0. The molecule has 2 aromatic rings. The largest absolute Gasteiger partial charge is 0.465 e. The van der Waals surface area contributed by atoms with Crippen LogP contribution in [0.25, 0.3) is 11.1 Å². The van der Waals surface area contributed by atoms with Gasteiger partial charge in [0.15, 0.2) is 0 Å². The van der Waals surface area contributed by atoms with Gasteiger partial charge in [0.1, 0.15) is 6.61 Å². The second-order valence-corrected chi connectivity index (χ2v) is 6.26. The van der Waals surface area contributed by atoms with Gasteiger partial charge in [-0.2, -0.15) is 0 Å². The van der Waals surface area contributed by atoms with E-state index >= 15 is 0 Å². The van der Waals surface area contributed by atoms with E-state index in [4.69, 9.17) is 4.74 Å². The summed E-state index contributed by atoms with van der Waals surface area (Å²) in [6, 6.07) is 16.6. The molecule has 0 saturated carbocycles. The van der Waals surface area contributed by atoms with E-state index in [-0.39, 0.29) is 11.9 Å². The van der Waals surface area contributed by atoms with E-state index < -0.39 is 0 Å². The summed E-state index contributed by atoms with van der Waals surface area (Å²) in [4.78, 5) is 11.0. The highest BCUT2D eigenvalue weighted by Crippen LogP contribution is 2.44. The fraction of sp³-hybridized carbons (Fsp3) is 0.350. The van der Waals surface area contributed by atoms with Gasteiger partial charge in [-0.25, -0.2) is 0 Å². The van der Waals surface area contributed by atoms with Crippen LogP contribution in [0.15, 0.2) is 48.5 Å². The fourth-order valence-electron chi connectivity index (χ4n) is 2.64. The number of fused-ring (bicyclic) bond motifs is 3. The van der Waals surface area contributed by atoms with E-state index in [1.165, 1.54) is 29.2 Å². The summed E-state index contributed by atoms with van der Waals surface area (Å²) in [5.41, 5.74) is 5.01. The number of rotatable bonds is 2. The van der Waals surface area contributed by atoms with Crippen LogP contribution in [0.3, 0.4) is 0 Å². The number of ether oxygens (including phenoxy) is 1. The first-order chi connectivity index (χ1) is 10.5. The Morgan fingerprint density at radius 3 is 1.77 bits per heavy atom. The summed E-state index contributed by atoms with van der Waals surface area (Å²) in [5, 5.41) is 0. The normalized spacial score (nSPS) is 12.2. The van der Waals surface area contributed by atoms with E-state index in [0.29, 0.717) is 6.61 Å². The molecule has 0 spiro atoms. The standard InChI is InChI=1S/C16H14O2.C4H10/c1-11(17)18-10-16-14-8-4-2-6-12(14)13-7-3-5-9-15(13)16;1-4(2)3/h2-9,16H,10H2,1H3;4H,1-3H3. The van der Waals surface area contributed by atoms with Crippen molar-refractivity contribution in [2.24, 2.45) is 5.92 Å². The Labute approximate surface area is 133 Å². The van der Waals surface area contributed by atoms with Crippen LogP contribution in [0.4, 0.5) is 0 Å². The zero-order chi connectivity index (χ0) is 16.1. The molecule has 1 aliphatic carbocycles. The van der Waals surface area contributed by atoms with Crippen molar-refractivity contribution in [2.75, 3.05) is 6.61 Å². The lowest BCUT2D eigenvalue weighted by Gasteiger charge is -2.12. The third kappa shape index (κ3) is 3.76. The molecule has 0 bridgehead atoms. The van der Waals surface area contributed by atoms with Crippen LogP contribution in [0.5, 0.6) is 0 Å². The molecule has 0 amide bonds. The maximum absolute atomic E-state index is 11.0. The molecule has 22 heavy (non-hydrogen) atoms. The maximum Gasteiger partial charge on any atom is 0.302 e. The molecule has 0 fully saturated rings. The first kappa shape index (κ1) is 16.3. The SMILES string of the molecule is CC(=O)OCC1c2ccccc2-c2ccccc21.CC(C)C. The number of hydrogen-bond donors (Lipinski definition) is 0. The van der Waals surface area contributed by atoms with E-state index in [2.05, 4.69) is 45.0 Å². The van der Waals surface area contributed by atoms with Gasteiger partial charge in [0.05, 0.1) is 0 Å². The van der Waals surface area contributed by atoms with Crippen LogP contribution in [0.1, 0.15) is 44.7 Å². The zero-order valence-electron chi connectivity index (χ0n) is 13.8. The van der Waals surface area contributed by atoms with E-state index in [0.717, 1.165) is 5.92 Å². The predicted octanol–water partition coefficient (Wildman–Crippen LogP) is 5.02. The minimum absolute atomic E-state index is 0.168. The monoisotopic (exact) mass is 296 g/mol. The van der Waals surface area contributed by atoms with Crippen molar-refractivity contribution < 1.29 is 9.53 Å². The van der Waals surface area contributed by atoms with Gasteiger partial charge in [-0.15, -0.1) is 0 Å². The quantitative estimate of drug-likeness (QED) is 0.727. The number of esters is 1. The molecular formula is C20H24O2. The third-order valence-corrected chi connectivity index (χ3v) is 3.42. The number of carbonyl (C=O) groups is 1. The Morgan fingerprint density at radius 2 is 1.36 bits per heavy atom. The minimum atomic E-state index is -0.225. The Morgan fingerprint density at radius 1 is 0.955 bits per heavy atom. The highest BCUT2D eigenvalue weighted by molar-refractivity contribution is 5.79. The molecule has 2 nitrogen and oxygen atoms in total. The van der Waals surface area contributed by atoms with Crippen molar-refractivity contribution in [3.63, 3.8) is 0 Å². The molecule has 0 atom stereocenters. The number of benzene rings is 2. The topological polar surface area (TPSA) is 26.3 Å². The summed E-state index contributed by atoms with van der Waals surface area (Å²) in [6.45, 7) is 8.37. The second-order valence-electron chi connectivity index (χ2n) is 6.26. The summed E-state index contributed by atoms with van der Waals surface area (Å²) < 4.78 is 5.20. The van der Waals surface area contributed by atoms with Gasteiger partial charge in [0.25, 0.3) is 0 Å². The Kier molecular flexibility index (Phi) is 5.37. The summed E-state index contributed by atoms with van der Waals surface area (Å²) in [7, 11) is 0. The Balaban J connectivity index is 0.000000396. The minimum Gasteiger partial charge on any atom is -0.465 e. The van der Waals surface area contributed by atoms with Crippen molar-refractivity contribution >= 4 is 5.97 Å². The van der Waals surface area contributed by atoms with Crippen LogP contribution in [-0.2, 0) is 9.53 Å². The van der Waals surface area contributed by atoms with Gasteiger partial charge < -0.3 is 4.74 Å². The van der Waals surface area contributed by atoms with Crippen molar-refractivity contribution in [2.45, 2.75) is 33.6 Å². The average Bonchev–Trinajstić information content (AvgIpc) is 2.79.